The van der Waals surface area contributed by atoms with E-state index in [1.165, 1.54) is 18.2 Å². The van der Waals surface area contributed by atoms with Crippen molar-refractivity contribution in [3.05, 3.63) is 93.0 Å². The predicted molar refractivity (Wildman–Crippen MR) is 204 cm³/mol. The summed E-state index contributed by atoms with van der Waals surface area (Å²) in [5.74, 6) is -0.516. The van der Waals surface area contributed by atoms with Gasteiger partial charge in [-0.3, -0.25) is 9.69 Å². The SMILES string of the molecule is Cc1nc2c(F)cc(-c3nc(Nc4ccc(C(F)(F)N5CCN(Cc6cc7c(cc6Br)C(=O)N(C6CCCNC6)C7)CC5)cn4)ncc3F)cc2n1C(C)C. The lowest BCUT2D eigenvalue weighted by Gasteiger charge is -2.39. The van der Waals surface area contributed by atoms with Crippen molar-refractivity contribution in [3.63, 3.8) is 0 Å². The molecule has 1 atom stereocenters. The first-order valence-electron chi connectivity index (χ1n) is 18.5. The van der Waals surface area contributed by atoms with E-state index in [1.807, 2.05) is 29.4 Å². The maximum Gasteiger partial charge on any atom is 0.333 e. The number of amides is 1. The fraction of sp³-hybridized carbons (Fsp3) is 0.410. The average Bonchev–Trinajstić information content (AvgIpc) is 3.68. The minimum absolute atomic E-state index is 0.00729. The van der Waals surface area contributed by atoms with Crippen LogP contribution in [0, 0.1) is 18.6 Å². The molecule has 0 aliphatic carbocycles. The molecule has 6 heterocycles. The van der Waals surface area contributed by atoms with Crippen LogP contribution < -0.4 is 10.6 Å². The number of piperidine rings is 1. The Morgan fingerprint density at radius 1 is 1.02 bits per heavy atom. The van der Waals surface area contributed by atoms with Gasteiger partial charge in [0.2, 0.25) is 5.95 Å². The molecule has 16 heteroatoms. The van der Waals surface area contributed by atoms with Crippen molar-refractivity contribution >= 4 is 44.6 Å². The molecule has 5 aromatic rings. The lowest BCUT2D eigenvalue weighted by molar-refractivity contribution is -0.168. The van der Waals surface area contributed by atoms with Crippen LogP contribution >= 0.6 is 15.9 Å². The summed E-state index contributed by atoms with van der Waals surface area (Å²) in [4.78, 5) is 35.2. The van der Waals surface area contributed by atoms with E-state index in [4.69, 9.17) is 0 Å². The number of nitrogens with one attached hydrogen (secondary N) is 2. The largest absolute Gasteiger partial charge is 0.333 e. The molecule has 2 aromatic carbocycles. The van der Waals surface area contributed by atoms with Crippen LogP contribution in [0.2, 0.25) is 0 Å². The molecule has 0 saturated carbocycles. The minimum atomic E-state index is -3.27. The fourth-order valence-corrected chi connectivity index (χ4v) is 8.45. The first-order valence-corrected chi connectivity index (χ1v) is 19.3. The summed E-state index contributed by atoms with van der Waals surface area (Å²) >= 11 is 3.66. The number of aryl methyl sites for hydroxylation is 1. The number of piperazine rings is 1. The third-order valence-electron chi connectivity index (χ3n) is 10.8. The van der Waals surface area contributed by atoms with Crippen molar-refractivity contribution in [1.82, 2.24) is 44.5 Å². The number of imidazole rings is 1. The lowest BCUT2D eigenvalue weighted by atomic mass is 10.1. The molecule has 288 valence electrons. The molecule has 3 aliphatic heterocycles. The van der Waals surface area contributed by atoms with Crippen LogP contribution in [0.4, 0.5) is 29.3 Å². The normalized spacial score (nSPS) is 18.5. The number of pyridine rings is 1. The zero-order valence-electron chi connectivity index (χ0n) is 30.7. The number of alkyl halides is 2. The van der Waals surface area contributed by atoms with Crippen LogP contribution in [0.15, 0.2) is 53.3 Å². The number of carbonyl (C=O) groups is 1. The number of fused-ring (bicyclic) bond motifs is 2. The van der Waals surface area contributed by atoms with Crippen LogP contribution in [0.3, 0.4) is 0 Å². The molecular weight excluding hydrogens is 780 g/mol. The van der Waals surface area contributed by atoms with Gasteiger partial charge in [-0.25, -0.2) is 33.6 Å². The van der Waals surface area contributed by atoms with E-state index in [0.29, 0.717) is 37.5 Å². The minimum Gasteiger partial charge on any atom is -0.330 e. The van der Waals surface area contributed by atoms with Crippen LogP contribution in [-0.4, -0.2) is 90.4 Å². The molecule has 2 saturated heterocycles. The Balaban J connectivity index is 0.905. The van der Waals surface area contributed by atoms with Crippen LogP contribution in [0.1, 0.15) is 65.6 Å². The highest BCUT2D eigenvalue weighted by atomic mass is 79.9. The van der Waals surface area contributed by atoms with Gasteiger partial charge >= 0.3 is 6.05 Å². The highest BCUT2D eigenvalue weighted by Gasteiger charge is 2.41. The highest BCUT2D eigenvalue weighted by molar-refractivity contribution is 9.10. The number of aromatic nitrogens is 5. The highest BCUT2D eigenvalue weighted by Crippen LogP contribution is 2.36. The summed E-state index contributed by atoms with van der Waals surface area (Å²) in [5.41, 5.74) is 3.27. The molecule has 0 spiro atoms. The van der Waals surface area contributed by atoms with Crippen LogP contribution in [-0.2, 0) is 19.1 Å². The molecular formula is C39H41BrF4N10O. The van der Waals surface area contributed by atoms with Crippen molar-refractivity contribution in [2.24, 2.45) is 0 Å². The smallest absolute Gasteiger partial charge is 0.330 e. The molecule has 1 amide bonds. The Labute approximate surface area is 324 Å². The number of anilines is 2. The van der Waals surface area contributed by atoms with E-state index in [0.717, 1.165) is 64.4 Å². The lowest BCUT2D eigenvalue weighted by Crippen LogP contribution is -2.51. The molecule has 55 heavy (non-hydrogen) atoms. The molecule has 2 fully saturated rings. The summed E-state index contributed by atoms with van der Waals surface area (Å²) in [7, 11) is 0. The second kappa shape index (κ2) is 14.9. The van der Waals surface area contributed by atoms with Gasteiger partial charge in [-0.1, -0.05) is 22.0 Å². The molecule has 3 aliphatic rings. The Bertz CT molecular complexity index is 2250. The van der Waals surface area contributed by atoms with Gasteiger partial charge in [-0.05, 0) is 81.6 Å². The van der Waals surface area contributed by atoms with E-state index in [9.17, 15) is 4.79 Å². The molecule has 8 rings (SSSR count). The first kappa shape index (κ1) is 37.4. The van der Waals surface area contributed by atoms with E-state index < -0.39 is 17.7 Å². The number of hydrogen-bond donors (Lipinski definition) is 2. The van der Waals surface area contributed by atoms with E-state index in [2.05, 4.69) is 57.5 Å². The molecule has 11 nitrogen and oxygen atoms in total. The van der Waals surface area contributed by atoms with Gasteiger partial charge in [-0.15, -0.1) is 0 Å². The van der Waals surface area contributed by atoms with Gasteiger partial charge in [0.25, 0.3) is 5.91 Å². The summed E-state index contributed by atoms with van der Waals surface area (Å²) in [6, 6.07) is 6.41. The van der Waals surface area contributed by atoms with Gasteiger partial charge in [-0.2, -0.15) is 8.78 Å². The van der Waals surface area contributed by atoms with Crippen LogP contribution in [0.5, 0.6) is 0 Å². The number of halogens is 5. The fourth-order valence-electron chi connectivity index (χ4n) is 7.98. The Morgan fingerprint density at radius 2 is 1.82 bits per heavy atom. The summed E-state index contributed by atoms with van der Waals surface area (Å²) < 4.78 is 64.4. The van der Waals surface area contributed by atoms with E-state index >= 15 is 17.6 Å². The number of carbonyl (C=O) groups excluding carboxylic acids is 1. The summed E-state index contributed by atoms with van der Waals surface area (Å²) in [5, 5.41) is 6.24. The van der Waals surface area contributed by atoms with Gasteiger partial charge in [0.1, 0.15) is 22.9 Å². The predicted octanol–water partition coefficient (Wildman–Crippen LogP) is 7.14. The van der Waals surface area contributed by atoms with Crippen molar-refractivity contribution in [3.8, 4) is 11.3 Å². The van der Waals surface area contributed by atoms with Crippen molar-refractivity contribution in [1.29, 1.82) is 0 Å². The Morgan fingerprint density at radius 3 is 2.53 bits per heavy atom. The molecule has 1 unspecified atom stereocenters. The standard InChI is InChI=1S/C39H41BrF4N10O/c1-22(2)54-23(3)48-36-31(41)14-24(15-33(36)54)35-32(42)19-47-38(50-35)49-34-7-6-27(17-46-34)39(43,44)52-11-9-51(10-12-52)20-26-13-25-21-53(28-5-4-8-45-18-28)37(55)29(25)16-30(26)40/h6-7,13-17,19,22,28,45H,4-5,8-12,18,20-21H2,1-3H3,(H,46,47,49,50). The first-order chi connectivity index (χ1) is 26.4. The quantitative estimate of drug-likeness (QED) is 0.119. The third-order valence-corrected chi connectivity index (χ3v) is 11.5. The van der Waals surface area contributed by atoms with Gasteiger partial charge in [0.05, 0.1) is 17.3 Å². The molecule has 0 bridgehead atoms. The van der Waals surface area contributed by atoms with E-state index in [1.54, 1.807) is 13.0 Å². The van der Waals surface area contributed by atoms with Crippen molar-refractivity contribution in [2.45, 2.75) is 64.8 Å². The molecule has 2 N–H and O–H groups in total. The van der Waals surface area contributed by atoms with Crippen molar-refractivity contribution < 1.29 is 22.4 Å². The second-order valence-electron chi connectivity index (χ2n) is 14.7. The maximum absolute atomic E-state index is 15.8. The zero-order chi connectivity index (χ0) is 38.6. The monoisotopic (exact) mass is 820 g/mol. The number of benzene rings is 2. The van der Waals surface area contributed by atoms with Gasteiger partial charge < -0.3 is 20.1 Å². The Hall–Kier alpha value is -4.51. The second-order valence-corrected chi connectivity index (χ2v) is 15.6. The van der Waals surface area contributed by atoms with Gasteiger partial charge in [0.15, 0.2) is 11.6 Å². The molecule has 0 radical (unpaired) electrons. The maximum atomic E-state index is 15.8. The van der Waals surface area contributed by atoms with Crippen molar-refractivity contribution in [2.75, 3.05) is 44.6 Å². The number of hydrogen-bond acceptors (Lipinski definition) is 9. The van der Waals surface area contributed by atoms with Gasteiger partial charge in [0, 0.05) is 79.7 Å². The third kappa shape index (κ3) is 7.20. The average molecular weight is 822 g/mol. The van der Waals surface area contributed by atoms with Crippen LogP contribution in [0.25, 0.3) is 22.3 Å². The zero-order valence-corrected chi connectivity index (χ0v) is 32.3. The number of nitrogens with zero attached hydrogens (tertiary/aromatic N) is 8. The molecule has 3 aromatic heterocycles. The number of rotatable bonds is 9. The summed E-state index contributed by atoms with van der Waals surface area (Å²) in [6.45, 7) is 9.80. The topological polar surface area (TPSA) is 107 Å². The Kier molecular flexibility index (Phi) is 10.1. The van der Waals surface area contributed by atoms with E-state index in [-0.39, 0.29) is 65.2 Å². The summed E-state index contributed by atoms with van der Waals surface area (Å²) in [6.07, 6.45) is 4.11.